The second-order valence-corrected chi connectivity index (χ2v) is 4.92. The fraction of sp³-hybridized carbons (Fsp3) is 0.917. The summed E-state index contributed by atoms with van der Waals surface area (Å²) < 4.78 is 15.6. The van der Waals surface area contributed by atoms with Crippen LogP contribution in [0.3, 0.4) is 0 Å². The van der Waals surface area contributed by atoms with Gasteiger partial charge in [0.1, 0.15) is 0 Å². The van der Waals surface area contributed by atoms with Gasteiger partial charge < -0.3 is 14.2 Å². The Bertz CT molecular complexity index is 221. The lowest BCUT2D eigenvalue weighted by Crippen LogP contribution is -2.29. The third-order valence-corrected chi connectivity index (χ3v) is 2.30. The second-order valence-electron chi connectivity index (χ2n) is 4.92. The zero-order valence-corrected chi connectivity index (χ0v) is 10.6. The van der Waals surface area contributed by atoms with E-state index in [4.69, 9.17) is 14.2 Å². The molecule has 0 spiro atoms. The van der Waals surface area contributed by atoms with Gasteiger partial charge in [-0.3, -0.25) is 0 Å². The van der Waals surface area contributed by atoms with Crippen molar-refractivity contribution in [3.8, 4) is 0 Å². The predicted molar refractivity (Wildman–Crippen MR) is 60.0 cm³/mol. The number of hydrogen-bond acceptors (Lipinski definition) is 4. The Balaban J connectivity index is 2.25. The molecular weight excluding hydrogens is 208 g/mol. The van der Waals surface area contributed by atoms with Gasteiger partial charge in [0.2, 0.25) is 6.29 Å². The Morgan fingerprint density at radius 3 is 2.31 bits per heavy atom. The summed E-state index contributed by atoms with van der Waals surface area (Å²) in [7, 11) is 0. The molecule has 0 N–H and O–H groups in total. The highest BCUT2D eigenvalue weighted by Gasteiger charge is 2.25. The molecule has 0 aromatic rings. The van der Waals surface area contributed by atoms with Crippen LogP contribution in [0, 0.1) is 11.8 Å². The Morgan fingerprint density at radius 2 is 1.88 bits per heavy atom. The van der Waals surface area contributed by atoms with Crippen LogP contribution in [-0.2, 0) is 14.2 Å². The highest BCUT2D eigenvalue weighted by atomic mass is 16.8. The van der Waals surface area contributed by atoms with Crippen molar-refractivity contribution in [1.29, 1.82) is 0 Å². The van der Waals surface area contributed by atoms with Crippen molar-refractivity contribution >= 4 is 6.16 Å². The standard InChI is InChI=1S/C12H22O4/c1-8(2)11(15-9(3)4)16-12(13)14-7-10-5-6-10/h8-11H,5-7H2,1-4H3. The second kappa shape index (κ2) is 6.09. The van der Waals surface area contributed by atoms with Crippen molar-refractivity contribution in [2.45, 2.75) is 52.9 Å². The lowest BCUT2D eigenvalue weighted by molar-refractivity contribution is -0.164. The summed E-state index contributed by atoms with van der Waals surface area (Å²) in [5, 5.41) is 0. The maximum atomic E-state index is 11.3. The molecule has 4 nitrogen and oxygen atoms in total. The van der Waals surface area contributed by atoms with E-state index in [9.17, 15) is 4.79 Å². The van der Waals surface area contributed by atoms with Crippen LogP contribution in [-0.4, -0.2) is 25.2 Å². The lowest BCUT2D eigenvalue weighted by atomic mass is 10.2. The fourth-order valence-corrected chi connectivity index (χ4v) is 1.19. The van der Waals surface area contributed by atoms with Crippen LogP contribution >= 0.6 is 0 Å². The van der Waals surface area contributed by atoms with E-state index in [2.05, 4.69) is 0 Å². The average molecular weight is 230 g/mol. The quantitative estimate of drug-likeness (QED) is 0.520. The SMILES string of the molecule is CC(C)OC(OC(=O)OCC1CC1)C(C)C. The van der Waals surface area contributed by atoms with Gasteiger partial charge in [-0.1, -0.05) is 13.8 Å². The van der Waals surface area contributed by atoms with Crippen LogP contribution in [0.5, 0.6) is 0 Å². The molecule has 0 aliphatic heterocycles. The molecule has 1 aliphatic rings. The maximum absolute atomic E-state index is 11.3. The smallest absolute Gasteiger partial charge is 0.434 e. The molecule has 1 aliphatic carbocycles. The predicted octanol–water partition coefficient (Wildman–Crippen LogP) is 2.96. The first-order chi connectivity index (χ1) is 7.49. The van der Waals surface area contributed by atoms with E-state index < -0.39 is 12.4 Å². The van der Waals surface area contributed by atoms with Gasteiger partial charge in [-0.25, -0.2) is 4.79 Å². The molecule has 0 radical (unpaired) electrons. The van der Waals surface area contributed by atoms with Crippen molar-refractivity contribution in [2.75, 3.05) is 6.61 Å². The highest BCUT2D eigenvalue weighted by molar-refractivity contribution is 5.60. The number of carbonyl (C=O) groups is 1. The summed E-state index contributed by atoms with van der Waals surface area (Å²) in [5.74, 6) is 0.673. The number of ether oxygens (including phenoxy) is 3. The minimum atomic E-state index is -0.619. The minimum absolute atomic E-state index is 0.0311. The van der Waals surface area contributed by atoms with Gasteiger partial charge in [0.05, 0.1) is 12.7 Å². The van der Waals surface area contributed by atoms with Gasteiger partial charge in [-0.15, -0.1) is 0 Å². The fourth-order valence-electron chi connectivity index (χ4n) is 1.19. The van der Waals surface area contributed by atoms with Crippen LogP contribution in [0.25, 0.3) is 0 Å². The van der Waals surface area contributed by atoms with E-state index in [1.807, 2.05) is 27.7 Å². The van der Waals surface area contributed by atoms with Gasteiger partial charge in [-0.2, -0.15) is 0 Å². The molecular formula is C12H22O4. The molecule has 1 fully saturated rings. The highest BCUT2D eigenvalue weighted by Crippen LogP contribution is 2.29. The van der Waals surface area contributed by atoms with Crippen LogP contribution in [0.4, 0.5) is 4.79 Å². The summed E-state index contributed by atoms with van der Waals surface area (Å²) >= 11 is 0. The molecule has 1 rings (SSSR count). The van der Waals surface area contributed by atoms with Gasteiger partial charge in [0, 0.05) is 5.92 Å². The maximum Gasteiger partial charge on any atom is 0.510 e. The molecule has 1 unspecified atom stereocenters. The van der Waals surface area contributed by atoms with Crippen molar-refractivity contribution in [1.82, 2.24) is 0 Å². The zero-order valence-electron chi connectivity index (χ0n) is 10.6. The number of carbonyl (C=O) groups excluding carboxylic acids is 1. The van der Waals surface area contributed by atoms with Gasteiger partial charge in [0.25, 0.3) is 0 Å². The minimum Gasteiger partial charge on any atom is -0.434 e. The van der Waals surface area contributed by atoms with Crippen LogP contribution in [0.15, 0.2) is 0 Å². The first kappa shape index (κ1) is 13.3. The molecule has 4 heteroatoms. The van der Waals surface area contributed by atoms with Gasteiger partial charge in [0.15, 0.2) is 0 Å². The molecule has 16 heavy (non-hydrogen) atoms. The summed E-state index contributed by atoms with van der Waals surface area (Å²) in [6, 6.07) is 0. The Kier molecular flexibility index (Phi) is 5.06. The molecule has 1 atom stereocenters. The largest absolute Gasteiger partial charge is 0.510 e. The third-order valence-electron chi connectivity index (χ3n) is 2.30. The first-order valence-electron chi connectivity index (χ1n) is 5.98. The van der Waals surface area contributed by atoms with Gasteiger partial charge >= 0.3 is 6.16 Å². The summed E-state index contributed by atoms with van der Waals surface area (Å²) in [6.07, 6.45) is 1.20. The summed E-state index contributed by atoms with van der Waals surface area (Å²) in [6.45, 7) is 8.19. The topological polar surface area (TPSA) is 44.8 Å². The number of rotatable bonds is 6. The molecule has 0 aromatic heterocycles. The molecule has 0 saturated heterocycles. The summed E-state index contributed by atoms with van der Waals surface area (Å²) in [4.78, 5) is 11.3. The number of hydrogen-bond donors (Lipinski definition) is 0. The van der Waals surface area contributed by atoms with E-state index >= 15 is 0 Å². The van der Waals surface area contributed by atoms with Crippen molar-refractivity contribution in [2.24, 2.45) is 11.8 Å². The van der Waals surface area contributed by atoms with Crippen LogP contribution < -0.4 is 0 Å². The Morgan fingerprint density at radius 1 is 1.25 bits per heavy atom. The molecule has 1 saturated carbocycles. The van der Waals surface area contributed by atoms with Crippen LogP contribution in [0.1, 0.15) is 40.5 Å². The molecule has 0 bridgehead atoms. The molecule has 0 amide bonds. The van der Waals surface area contributed by atoms with Crippen molar-refractivity contribution < 1.29 is 19.0 Å². The van der Waals surface area contributed by atoms with Crippen molar-refractivity contribution in [3.05, 3.63) is 0 Å². The molecule has 94 valence electrons. The van der Waals surface area contributed by atoms with E-state index in [1.165, 1.54) is 0 Å². The summed E-state index contributed by atoms with van der Waals surface area (Å²) in [5.41, 5.74) is 0. The van der Waals surface area contributed by atoms with E-state index in [0.717, 1.165) is 12.8 Å². The third kappa shape index (κ3) is 5.35. The lowest BCUT2D eigenvalue weighted by Gasteiger charge is -2.23. The van der Waals surface area contributed by atoms with E-state index in [0.29, 0.717) is 12.5 Å². The van der Waals surface area contributed by atoms with Crippen LogP contribution in [0.2, 0.25) is 0 Å². The molecule has 0 heterocycles. The van der Waals surface area contributed by atoms with Crippen molar-refractivity contribution in [3.63, 3.8) is 0 Å². The average Bonchev–Trinajstić information content (AvgIpc) is 2.96. The normalized spacial score (nSPS) is 17.6. The Labute approximate surface area is 97.2 Å². The zero-order chi connectivity index (χ0) is 12.1. The van der Waals surface area contributed by atoms with Gasteiger partial charge in [-0.05, 0) is 32.6 Å². The van der Waals surface area contributed by atoms with E-state index in [-0.39, 0.29) is 12.0 Å². The van der Waals surface area contributed by atoms with E-state index in [1.54, 1.807) is 0 Å². The Hall–Kier alpha value is -0.770. The monoisotopic (exact) mass is 230 g/mol. The molecule has 0 aromatic carbocycles. The first-order valence-corrected chi connectivity index (χ1v) is 5.98.